The molecule has 0 spiro atoms. The first kappa shape index (κ1) is 18.6. The van der Waals surface area contributed by atoms with Crippen molar-refractivity contribution in [2.75, 3.05) is 26.7 Å². The van der Waals surface area contributed by atoms with E-state index in [9.17, 15) is 12.8 Å². The molecule has 120 valence electrons. The van der Waals surface area contributed by atoms with Gasteiger partial charge in [-0.3, -0.25) is 0 Å². The van der Waals surface area contributed by atoms with Crippen LogP contribution in [0.15, 0.2) is 23.1 Å². The van der Waals surface area contributed by atoms with Crippen molar-refractivity contribution >= 4 is 34.0 Å². The Morgan fingerprint density at radius 3 is 2.48 bits per heavy atom. The third-order valence-corrected chi connectivity index (χ3v) is 5.63. The molecule has 2 rings (SSSR count). The van der Waals surface area contributed by atoms with E-state index in [1.54, 1.807) is 0 Å². The fourth-order valence-corrected chi connectivity index (χ4v) is 4.28. The molecule has 0 radical (unpaired) electrons. The standard InChI is InChI=1S/C13H18ClFN2O2S.ClH/c1-16-9-10-2-4-17(5-3-10)20(18,19)13-7-11(14)6-12(15)8-13;/h6-8,10,16H,2-5,9H2,1H3;1H. The lowest BCUT2D eigenvalue weighted by atomic mass is 9.98. The van der Waals surface area contributed by atoms with Crippen LogP contribution in [0.25, 0.3) is 0 Å². The summed E-state index contributed by atoms with van der Waals surface area (Å²) in [5.74, 6) is -0.149. The molecular weight excluding hydrogens is 338 g/mol. The average Bonchev–Trinajstić information content (AvgIpc) is 2.38. The van der Waals surface area contributed by atoms with Crippen molar-refractivity contribution < 1.29 is 12.8 Å². The van der Waals surface area contributed by atoms with Crippen LogP contribution in [0, 0.1) is 11.7 Å². The molecule has 0 atom stereocenters. The summed E-state index contributed by atoms with van der Waals surface area (Å²) in [6, 6.07) is 3.40. The quantitative estimate of drug-likeness (QED) is 0.901. The van der Waals surface area contributed by atoms with Crippen LogP contribution in [-0.4, -0.2) is 39.4 Å². The van der Waals surface area contributed by atoms with E-state index in [4.69, 9.17) is 11.6 Å². The summed E-state index contributed by atoms with van der Waals surface area (Å²) in [6.45, 7) is 1.81. The van der Waals surface area contributed by atoms with E-state index in [2.05, 4.69) is 5.32 Å². The van der Waals surface area contributed by atoms with Crippen LogP contribution in [0.4, 0.5) is 4.39 Å². The van der Waals surface area contributed by atoms with Crippen molar-refractivity contribution in [3.63, 3.8) is 0 Å². The summed E-state index contributed by atoms with van der Waals surface area (Å²) < 4.78 is 39.6. The lowest BCUT2D eigenvalue weighted by Gasteiger charge is -2.31. The Morgan fingerprint density at radius 1 is 1.33 bits per heavy atom. The Balaban J connectivity index is 0.00000220. The maximum absolute atomic E-state index is 13.3. The molecule has 1 fully saturated rings. The Hall–Kier alpha value is -0.400. The lowest BCUT2D eigenvalue weighted by Crippen LogP contribution is -2.40. The Kier molecular flexibility index (Phi) is 6.87. The molecule has 1 aliphatic heterocycles. The van der Waals surface area contributed by atoms with Gasteiger partial charge in [0.25, 0.3) is 0 Å². The normalized spacial score (nSPS) is 17.5. The van der Waals surface area contributed by atoms with E-state index in [0.29, 0.717) is 19.0 Å². The molecule has 1 aromatic rings. The van der Waals surface area contributed by atoms with E-state index in [0.717, 1.165) is 31.5 Å². The Labute approximate surface area is 136 Å². The molecule has 1 heterocycles. The van der Waals surface area contributed by atoms with Crippen LogP contribution in [0.3, 0.4) is 0 Å². The number of sulfonamides is 1. The van der Waals surface area contributed by atoms with Crippen molar-refractivity contribution in [3.05, 3.63) is 29.0 Å². The van der Waals surface area contributed by atoms with Crippen molar-refractivity contribution in [2.45, 2.75) is 17.7 Å². The molecule has 8 heteroatoms. The molecule has 4 nitrogen and oxygen atoms in total. The summed E-state index contributed by atoms with van der Waals surface area (Å²) in [5.41, 5.74) is 0. The van der Waals surface area contributed by atoms with E-state index in [-0.39, 0.29) is 22.3 Å². The topological polar surface area (TPSA) is 49.4 Å². The third-order valence-electron chi connectivity index (χ3n) is 3.54. The van der Waals surface area contributed by atoms with Gasteiger partial charge in [-0.15, -0.1) is 12.4 Å². The van der Waals surface area contributed by atoms with Crippen LogP contribution < -0.4 is 5.32 Å². The summed E-state index contributed by atoms with van der Waals surface area (Å²) in [5, 5.41) is 3.19. The minimum absolute atomic E-state index is 0. The minimum Gasteiger partial charge on any atom is -0.319 e. The average molecular weight is 357 g/mol. The molecule has 0 amide bonds. The van der Waals surface area contributed by atoms with Gasteiger partial charge in [0.1, 0.15) is 5.82 Å². The summed E-state index contributed by atoms with van der Waals surface area (Å²) >= 11 is 5.73. The van der Waals surface area contributed by atoms with Crippen molar-refractivity contribution in [2.24, 2.45) is 5.92 Å². The lowest BCUT2D eigenvalue weighted by molar-refractivity contribution is 0.270. The molecule has 0 aliphatic carbocycles. The largest absolute Gasteiger partial charge is 0.319 e. The molecule has 0 saturated carbocycles. The Bertz CT molecular complexity index is 555. The molecule has 1 saturated heterocycles. The zero-order chi connectivity index (χ0) is 14.8. The second-order valence-electron chi connectivity index (χ2n) is 5.01. The van der Waals surface area contributed by atoms with Crippen molar-refractivity contribution in [1.82, 2.24) is 9.62 Å². The number of halogens is 3. The zero-order valence-electron chi connectivity index (χ0n) is 11.7. The van der Waals surface area contributed by atoms with Gasteiger partial charge in [-0.05, 0) is 50.6 Å². The fraction of sp³-hybridized carbons (Fsp3) is 0.538. The summed E-state index contributed by atoms with van der Waals surface area (Å²) in [7, 11) is -1.77. The molecule has 0 bridgehead atoms. The first-order chi connectivity index (χ1) is 9.43. The van der Waals surface area contributed by atoms with Gasteiger partial charge in [0.15, 0.2) is 0 Å². The number of benzene rings is 1. The molecular formula is C13H19Cl2FN2O2S. The van der Waals surface area contributed by atoms with Crippen molar-refractivity contribution in [1.29, 1.82) is 0 Å². The van der Waals surface area contributed by atoms with E-state index >= 15 is 0 Å². The number of hydrogen-bond donors (Lipinski definition) is 1. The highest BCUT2D eigenvalue weighted by atomic mass is 35.5. The van der Waals surface area contributed by atoms with Crippen LogP contribution >= 0.6 is 24.0 Å². The van der Waals surface area contributed by atoms with Gasteiger partial charge >= 0.3 is 0 Å². The molecule has 1 aromatic carbocycles. The van der Waals surface area contributed by atoms with Gasteiger partial charge in [-0.1, -0.05) is 11.6 Å². The number of hydrogen-bond acceptors (Lipinski definition) is 3. The number of piperidine rings is 1. The van der Waals surface area contributed by atoms with Crippen LogP contribution in [-0.2, 0) is 10.0 Å². The number of nitrogens with zero attached hydrogens (tertiary/aromatic N) is 1. The highest BCUT2D eigenvalue weighted by molar-refractivity contribution is 7.89. The van der Waals surface area contributed by atoms with Gasteiger partial charge in [0.2, 0.25) is 10.0 Å². The van der Waals surface area contributed by atoms with Crippen LogP contribution in [0.5, 0.6) is 0 Å². The van der Waals surface area contributed by atoms with Gasteiger partial charge in [-0.25, -0.2) is 12.8 Å². The highest BCUT2D eigenvalue weighted by Crippen LogP contribution is 2.25. The van der Waals surface area contributed by atoms with Crippen LogP contribution in [0.1, 0.15) is 12.8 Å². The van der Waals surface area contributed by atoms with Gasteiger partial charge in [-0.2, -0.15) is 4.31 Å². The highest BCUT2D eigenvalue weighted by Gasteiger charge is 2.29. The first-order valence-corrected chi connectivity index (χ1v) is 8.36. The molecule has 0 aromatic heterocycles. The van der Waals surface area contributed by atoms with E-state index in [1.807, 2.05) is 7.05 Å². The van der Waals surface area contributed by atoms with Gasteiger partial charge in [0.05, 0.1) is 4.90 Å². The minimum atomic E-state index is -3.66. The molecule has 1 N–H and O–H groups in total. The molecule has 0 unspecified atom stereocenters. The van der Waals surface area contributed by atoms with Crippen LogP contribution in [0.2, 0.25) is 5.02 Å². The van der Waals surface area contributed by atoms with E-state index in [1.165, 1.54) is 10.4 Å². The number of rotatable bonds is 4. The zero-order valence-corrected chi connectivity index (χ0v) is 14.1. The third kappa shape index (κ3) is 4.53. The van der Waals surface area contributed by atoms with Gasteiger partial charge in [0, 0.05) is 18.1 Å². The number of nitrogens with one attached hydrogen (secondary N) is 1. The summed E-state index contributed by atoms with van der Waals surface area (Å²) in [4.78, 5) is -0.0745. The van der Waals surface area contributed by atoms with E-state index < -0.39 is 15.8 Å². The maximum Gasteiger partial charge on any atom is 0.243 e. The Morgan fingerprint density at radius 2 is 1.95 bits per heavy atom. The smallest absolute Gasteiger partial charge is 0.243 e. The second kappa shape index (κ2) is 7.74. The predicted octanol–water partition coefficient (Wildman–Crippen LogP) is 2.52. The molecule has 21 heavy (non-hydrogen) atoms. The predicted molar refractivity (Wildman–Crippen MR) is 84.1 cm³/mol. The molecule has 1 aliphatic rings. The summed E-state index contributed by atoms with van der Waals surface area (Å²) in [6.07, 6.45) is 1.62. The monoisotopic (exact) mass is 356 g/mol. The van der Waals surface area contributed by atoms with Crippen molar-refractivity contribution in [3.8, 4) is 0 Å². The first-order valence-electron chi connectivity index (χ1n) is 6.54. The second-order valence-corrected chi connectivity index (χ2v) is 7.38. The van der Waals surface area contributed by atoms with Gasteiger partial charge < -0.3 is 5.32 Å². The fourth-order valence-electron chi connectivity index (χ4n) is 2.47. The SMILES string of the molecule is CNCC1CCN(S(=O)(=O)c2cc(F)cc(Cl)c2)CC1.Cl. The maximum atomic E-state index is 13.3.